The van der Waals surface area contributed by atoms with Crippen molar-refractivity contribution in [1.29, 1.82) is 0 Å². The van der Waals surface area contributed by atoms with E-state index in [0.29, 0.717) is 11.7 Å². The van der Waals surface area contributed by atoms with E-state index >= 15 is 0 Å². The van der Waals surface area contributed by atoms with Gasteiger partial charge in [-0.15, -0.1) is 0 Å². The van der Waals surface area contributed by atoms with Gasteiger partial charge in [-0.1, -0.05) is 11.6 Å². The van der Waals surface area contributed by atoms with Gasteiger partial charge in [-0.05, 0) is 19.4 Å². The summed E-state index contributed by atoms with van der Waals surface area (Å²) in [6, 6.07) is 0.0612. The number of nitrogens with one attached hydrogen (secondary N) is 1. The van der Waals surface area contributed by atoms with Crippen LogP contribution in [-0.2, 0) is 11.2 Å². The summed E-state index contributed by atoms with van der Waals surface area (Å²) in [6.07, 6.45) is -0.917. The van der Waals surface area contributed by atoms with Crippen LogP contribution in [0.5, 0.6) is 0 Å². The molecule has 19 heavy (non-hydrogen) atoms. The van der Waals surface area contributed by atoms with Gasteiger partial charge >= 0.3 is 6.18 Å². The van der Waals surface area contributed by atoms with Crippen molar-refractivity contribution < 1.29 is 22.4 Å². The summed E-state index contributed by atoms with van der Waals surface area (Å²) in [5, 5.41) is 7.00. The van der Waals surface area contributed by atoms with Gasteiger partial charge < -0.3 is 14.6 Å². The fraction of sp³-hybridized carbons (Fsp3) is 0.818. The van der Waals surface area contributed by atoms with Gasteiger partial charge in [0.05, 0.1) is 12.6 Å². The molecule has 2 heterocycles. The van der Waals surface area contributed by atoms with E-state index in [9.17, 15) is 13.2 Å². The zero-order chi connectivity index (χ0) is 13.7. The van der Waals surface area contributed by atoms with Gasteiger partial charge in [0.2, 0.25) is 5.89 Å². The van der Waals surface area contributed by atoms with Crippen LogP contribution in [0.15, 0.2) is 4.52 Å². The minimum absolute atomic E-state index is 0.0612. The Balaban J connectivity index is 1.74. The maximum atomic E-state index is 11.8. The standard InChI is InChI=1S/C11H16F3N3O2/c12-11(13,14)7-18-6-4-9-16-10(19-17-9)8-3-1-2-5-15-8/h8,15H,1-7H2. The molecule has 0 radical (unpaired) electrons. The fourth-order valence-corrected chi connectivity index (χ4v) is 1.92. The summed E-state index contributed by atoms with van der Waals surface area (Å²) in [7, 11) is 0. The number of nitrogens with zero attached hydrogens (tertiary/aromatic N) is 2. The van der Waals surface area contributed by atoms with Gasteiger partial charge in [0.1, 0.15) is 6.61 Å². The zero-order valence-electron chi connectivity index (χ0n) is 10.4. The maximum absolute atomic E-state index is 11.8. The Morgan fingerprint density at radius 1 is 1.37 bits per heavy atom. The van der Waals surface area contributed by atoms with Gasteiger partial charge in [-0.25, -0.2) is 0 Å². The van der Waals surface area contributed by atoms with Crippen LogP contribution >= 0.6 is 0 Å². The van der Waals surface area contributed by atoms with Crippen molar-refractivity contribution in [3.8, 4) is 0 Å². The highest BCUT2D eigenvalue weighted by molar-refractivity contribution is 4.94. The molecule has 0 aliphatic carbocycles. The van der Waals surface area contributed by atoms with Crippen molar-refractivity contribution in [3.05, 3.63) is 11.7 Å². The van der Waals surface area contributed by atoms with Gasteiger partial charge in [-0.3, -0.25) is 0 Å². The fourth-order valence-electron chi connectivity index (χ4n) is 1.92. The molecule has 5 nitrogen and oxygen atoms in total. The van der Waals surface area contributed by atoms with Crippen molar-refractivity contribution >= 4 is 0 Å². The summed E-state index contributed by atoms with van der Waals surface area (Å²) in [5.41, 5.74) is 0. The van der Waals surface area contributed by atoms with Crippen LogP contribution in [0.25, 0.3) is 0 Å². The molecular formula is C11H16F3N3O2. The first-order chi connectivity index (χ1) is 9.04. The topological polar surface area (TPSA) is 60.2 Å². The highest BCUT2D eigenvalue weighted by Gasteiger charge is 2.27. The lowest BCUT2D eigenvalue weighted by atomic mass is 10.1. The molecule has 1 aromatic rings. The second-order valence-electron chi connectivity index (χ2n) is 4.47. The van der Waals surface area contributed by atoms with Crippen LogP contribution in [-0.4, -0.2) is 36.1 Å². The number of piperidine rings is 1. The minimum atomic E-state index is -4.30. The quantitative estimate of drug-likeness (QED) is 0.835. The number of hydrogen-bond acceptors (Lipinski definition) is 5. The van der Waals surface area contributed by atoms with Crippen LogP contribution < -0.4 is 5.32 Å². The van der Waals surface area contributed by atoms with Gasteiger partial charge in [-0.2, -0.15) is 18.2 Å². The Morgan fingerprint density at radius 3 is 2.89 bits per heavy atom. The Hall–Kier alpha value is -1.15. The molecule has 1 unspecified atom stereocenters. The second kappa shape index (κ2) is 6.33. The highest BCUT2D eigenvalue weighted by atomic mass is 19.4. The molecule has 0 bridgehead atoms. The Kier molecular flexibility index (Phi) is 4.76. The summed E-state index contributed by atoms with van der Waals surface area (Å²) >= 11 is 0. The molecule has 8 heteroatoms. The smallest absolute Gasteiger partial charge is 0.372 e. The number of rotatable bonds is 5. The van der Waals surface area contributed by atoms with Crippen LogP contribution in [0.2, 0.25) is 0 Å². The van der Waals surface area contributed by atoms with Crippen molar-refractivity contribution in [2.24, 2.45) is 0 Å². The van der Waals surface area contributed by atoms with E-state index < -0.39 is 12.8 Å². The van der Waals surface area contributed by atoms with E-state index in [1.54, 1.807) is 0 Å². The largest absolute Gasteiger partial charge is 0.411 e. The Labute approximate surface area is 108 Å². The average molecular weight is 279 g/mol. The third kappa shape index (κ3) is 4.79. The average Bonchev–Trinajstić information content (AvgIpc) is 2.83. The van der Waals surface area contributed by atoms with E-state index in [1.165, 1.54) is 0 Å². The predicted molar refractivity (Wildman–Crippen MR) is 59.5 cm³/mol. The number of alkyl halides is 3. The zero-order valence-corrected chi connectivity index (χ0v) is 10.4. The summed E-state index contributed by atoms with van der Waals surface area (Å²) in [5.74, 6) is 0.884. The monoisotopic (exact) mass is 279 g/mol. The van der Waals surface area contributed by atoms with E-state index in [4.69, 9.17) is 4.52 Å². The summed E-state index contributed by atoms with van der Waals surface area (Å²) in [4.78, 5) is 4.17. The number of aromatic nitrogens is 2. The molecule has 2 rings (SSSR count). The SMILES string of the molecule is FC(F)(F)COCCc1noc(C2CCCCN2)n1. The second-order valence-corrected chi connectivity index (χ2v) is 4.47. The van der Waals surface area contributed by atoms with Crippen LogP contribution in [0, 0.1) is 0 Å². The number of ether oxygens (including phenoxy) is 1. The van der Waals surface area contributed by atoms with E-state index in [0.717, 1.165) is 25.8 Å². The Morgan fingerprint density at radius 2 is 2.21 bits per heavy atom. The molecule has 1 saturated heterocycles. The molecule has 0 spiro atoms. The molecule has 1 N–H and O–H groups in total. The summed E-state index contributed by atoms with van der Waals surface area (Å²) < 4.78 is 45.1. The molecule has 1 fully saturated rings. The summed E-state index contributed by atoms with van der Waals surface area (Å²) in [6.45, 7) is -0.407. The van der Waals surface area contributed by atoms with Gasteiger partial charge in [0.15, 0.2) is 5.82 Å². The molecule has 0 saturated carbocycles. The van der Waals surface area contributed by atoms with E-state index in [-0.39, 0.29) is 19.1 Å². The lowest BCUT2D eigenvalue weighted by Crippen LogP contribution is -2.27. The van der Waals surface area contributed by atoms with Gasteiger partial charge in [0, 0.05) is 6.42 Å². The molecule has 1 aromatic heterocycles. The van der Waals surface area contributed by atoms with Crippen LogP contribution in [0.3, 0.4) is 0 Å². The molecule has 1 atom stereocenters. The van der Waals surface area contributed by atoms with E-state index in [2.05, 4.69) is 20.2 Å². The molecule has 1 aliphatic heterocycles. The highest BCUT2D eigenvalue weighted by Crippen LogP contribution is 2.21. The lowest BCUT2D eigenvalue weighted by molar-refractivity contribution is -0.173. The first kappa shape index (κ1) is 14.3. The third-order valence-corrected chi connectivity index (χ3v) is 2.83. The predicted octanol–water partition coefficient (Wildman–Crippen LogP) is 2.01. The number of halogens is 3. The molecular weight excluding hydrogens is 263 g/mol. The Bertz CT molecular complexity index is 389. The third-order valence-electron chi connectivity index (χ3n) is 2.83. The van der Waals surface area contributed by atoms with E-state index in [1.807, 2.05) is 0 Å². The minimum Gasteiger partial charge on any atom is -0.372 e. The number of hydrogen-bond donors (Lipinski definition) is 1. The maximum Gasteiger partial charge on any atom is 0.411 e. The normalized spacial score (nSPS) is 20.7. The molecule has 0 aromatic carbocycles. The molecule has 108 valence electrons. The van der Waals surface area contributed by atoms with Crippen LogP contribution in [0.1, 0.15) is 37.0 Å². The molecule has 1 aliphatic rings. The van der Waals surface area contributed by atoms with Gasteiger partial charge in [0.25, 0.3) is 0 Å². The van der Waals surface area contributed by atoms with Crippen molar-refractivity contribution in [2.45, 2.75) is 37.9 Å². The van der Waals surface area contributed by atoms with Crippen molar-refractivity contribution in [2.75, 3.05) is 19.8 Å². The first-order valence-corrected chi connectivity index (χ1v) is 6.25. The lowest BCUT2D eigenvalue weighted by Gasteiger charge is -2.19. The molecule has 0 amide bonds. The van der Waals surface area contributed by atoms with Crippen LogP contribution in [0.4, 0.5) is 13.2 Å². The van der Waals surface area contributed by atoms with Crippen molar-refractivity contribution in [1.82, 2.24) is 15.5 Å². The van der Waals surface area contributed by atoms with Crippen molar-refractivity contribution in [3.63, 3.8) is 0 Å². The first-order valence-electron chi connectivity index (χ1n) is 6.25.